The molecule has 0 fully saturated rings. The summed E-state index contributed by atoms with van der Waals surface area (Å²) in [5, 5.41) is 3.46. The van der Waals surface area contributed by atoms with Gasteiger partial charge < -0.3 is 4.98 Å². The highest BCUT2D eigenvalue weighted by Crippen LogP contribution is 2.21. The Hall–Kier alpha value is -1.78. The highest BCUT2D eigenvalue weighted by Gasteiger charge is 2.16. The number of rotatable bonds is 5. The molecule has 5 heteroatoms. The lowest BCUT2D eigenvalue weighted by Crippen LogP contribution is -2.14. The zero-order chi connectivity index (χ0) is 14.0. The topological polar surface area (TPSA) is 70.7 Å². The third-order valence-electron chi connectivity index (χ3n) is 3.64. The molecule has 0 aliphatic rings. The summed E-state index contributed by atoms with van der Waals surface area (Å²) >= 11 is 0. The fourth-order valence-corrected chi connectivity index (χ4v) is 2.59. The van der Waals surface area contributed by atoms with Crippen LogP contribution < -0.4 is 11.1 Å². The number of fused-ring (bicyclic) bond motifs is 1. The van der Waals surface area contributed by atoms with Crippen molar-refractivity contribution in [2.45, 2.75) is 52.5 Å². The summed E-state index contributed by atoms with van der Waals surface area (Å²) in [5.74, 6) is 0. The molecule has 0 spiro atoms. The summed E-state index contributed by atoms with van der Waals surface area (Å²) in [4.78, 5) is 26.4. The number of nitrogens with one attached hydrogen (secondary N) is 2. The summed E-state index contributed by atoms with van der Waals surface area (Å²) in [6.07, 6.45) is 4.16. The average Bonchev–Trinajstić information content (AvgIpc) is 2.68. The van der Waals surface area contributed by atoms with E-state index in [-0.39, 0.29) is 17.2 Å². The molecule has 0 aromatic carbocycles. The zero-order valence-electron chi connectivity index (χ0n) is 11.7. The van der Waals surface area contributed by atoms with Gasteiger partial charge in [-0.15, -0.1) is 0 Å². The Balaban J connectivity index is 2.60. The number of aryl methyl sites for hydroxylation is 1. The van der Waals surface area contributed by atoms with E-state index in [4.69, 9.17) is 0 Å². The van der Waals surface area contributed by atoms with Gasteiger partial charge >= 0.3 is 0 Å². The molecule has 0 saturated heterocycles. The molecular weight excluding hydrogens is 242 g/mol. The van der Waals surface area contributed by atoms with Gasteiger partial charge in [-0.1, -0.05) is 26.7 Å². The van der Waals surface area contributed by atoms with E-state index in [1.54, 1.807) is 6.92 Å². The van der Waals surface area contributed by atoms with Crippen molar-refractivity contribution in [3.8, 4) is 0 Å². The fourth-order valence-electron chi connectivity index (χ4n) is 2.59. The molecule has 2 heterocycles. The molecule has 2 aromatic rings. The first-order valence-electron chi connectivity index (χ1n) is 6.92. The monoisotopic (exact) mass is 263 g/mol. The zero-order valence-corrected chi connectivity index (χ0v) is 11.7. The van der Waals surface area contributed by atoms with Gasteiger partial charge in [0, 0.05) is 6.07 Å². The first-order chi connectivity index (χ1) is 9.08. The largest absolute Gasteiger partial charge is 0.307 e. The lowest BCUT2D eigenvalue weighted by Gasteiger charge is -2.16. The third kappa shape index (κ3) is 2.50. The number of hydrogen-bond acceptors (Lipinski definition) is 2. The quantitative estimate of drug-likeness (QED) is 0.870. The Morgan fingerprint density at radius 2 is 2.05 bits per heavy atom. The van der Waals surface area contributed by atoms with Crippen molar-refractivity contribution in [1.82, 2.24) is 14.8 Å². The summed E-state index contributed by atoms with van der Waals surface area (Å²) in [5.41, 5.74) is 1.06. The van der Waals surface area contributed by atoms with E-state index in [2.05, 4.69) is 23.9 Å². The molecule has 5 nitrogen and oxygen atoms in total. The molecule has 0 aliphatic heterocycles. The van der Waals surface area contributed by atoms with Gasteiger partial charge in [-0.3, -0.25) is 19.4 Å². The number of nitrogens with zero attached hydrogens (tertiary/aromatic N) is 1. The lowest BCUT2D eigenvalue weighted by molar-refractivity contribution is 0.407. The van der Waals surface area contributed by atoms with Crippen LogP contribution in [0.1, 0.15) is 51.1 Å². The maximum absolute atomic E-state index is 12.0. The van der Waals surface area contributed by atoms with Crippen LogP contribution in [0.4, 0.5) is 0 Å². The first-order valence-corrected chi connectivity index (χ1v) is 6.92. The minimum absolute atomic E-state index is 0.126. The van der Waals surface area contributed by atoms with Crippen LogP contribution in [0.2, 0.25) is 0 Å². The van der Waals surface area contributed by atoms with Crippen LogP contribution in [-0.4, -0.2) is 14.8 Å². The van der Waals surface area contributed by atoms with Crippen LogP contribution in [0.25, 0.3) is 11.0 Å². The summed E-state index contributed by atoms with van der Waals surface area (Å²) in [7, 11) is 0. The Kier molecular flexibility index (Phi) is 3.93. The van der Waals surface area contributed by atoms with Crippen LogP contribution in [0.3, 0.4) is 0 Å². The van der Waals surface area contributed by atoms with E-state index in [1.165, 1.54) is 6.07 Å². The molecule has 0 unspecified atom stereocenters. The molecule has 104 valence electrons. The SMILES string of the molecule is CCCC[C@@H](CC)n1[nH]c(=O)c2c(C)cc(=O)[nH]c21. The van der Waals surface area contributed by atoms with Crippen LogP contribution in [0.5, 0.6) is 0 Å². The van der Waals surface area contributed by atoms with Crippen LogP contribution in [0.15, 0.2) is 15.7 Å². The van der Waals surface area contributed by atoms with E-state index < -0.39 is 0 Å². The Morgan fingerprint density at radius 3 is 2.68 bits per heavy atom. The summed E-state index contributed by atoms with van der Waals surface area (Å²) < 4.78 is 1.84. The van der Waals surface area contributed by atoms with Crippen molar-refractivity contribution >= 4 is 11.0 Å². The van der Waals surface area contributed by atoms with Gasteiger partial charge in [0.25, 0.3) is 5.56 Å². The molecule has 2 rings (SSSR count). The molecule has 0 saturated carbocycles. The smallest absolute Gasteiger partial charge is 0.273 e. The number of pyridine rings is 1. The normalized spacial score (nSPS) is 13.0. The van der Waals surface area contributed by atoms with Gasteiger partial charge in [-0.25, -0.2) is 0 Å². The van der Waals surface area contributed by atoms with Gasteiger partial charge in [0.1, 0.15) is 5.65 Å². The molecule has 0 radical (unpaired) electrons. The first kappa shape index (κ1) is 13.6. The second kappa shape index (κ2) is 5.47. The maximum Gasteiger partial charge on any atom is 0.273 e. The van der Waals surface area contributed by atoms with E-state index in [0.717, 1.165) is 31.2 Å². The second-order valence-corrected chi connectivity index (χ2v) is 5.06. The fraction of sp³-hybridized carbons (Fsp3) is 0.571. The third-order valence-corrected chi connectivity index (χ3v) is 3.64. The van der Waals surface area contributed by atoms with E-state index in [0.29, 0.717) is 11.0 Å². The Bertz CT molecular complexity index is 678. The molecule has 2 aromatic heterocycles. The Morgan fingerprint density at radius 1 is 1.32 bits per heavy atom. The van der Waals surface area contributed by atoms with E-state index in [1.807, 2.05) is 4.68 Å². The number of aromatic amines is 2. The molecule has 2 N–H and O–H groups in total. The van der Waals surface area contributed by atoms with Crippen LogP contribution in [-0.2, 0) is 0 Å². The second-order valence-electron chi connectivity index (χ2n) is 5.06. The van der Waals surface area contributed by atoms with Crippen LogP contribution in [0, 0.1) is 6.92 Å². The predicted molar refractivity (Wildman–Crippen MR) is 76.8 cm³/mol. The maximum atomic E-state index is 12.0. The van der Waals surface area contributed by atoms with Gasteiger partial charge in [0.15, 0.2) is 0 Å². The Labute approximate surface area is 111 Å². The number of hydrogen-bond donors (Lipinski definition) is 2. The highest BCUT2D eigenvalue weighted by molar-refractivity contribution is 5.77. The van der Waals surface area contributed by atoms with Gasteiger partial charge in [-0.2, -0.15) is 0 Å². The standard InChI is InChI=1S/C14H21N3O2/c1-4-6-7-10(5-2)17-13-12(14(19)16-17)9(3)8-11(18)15-13/h8,10H,4-7H2,1-3H3,(H,15,18)(H,16,19)/t10-/m1/s1. The molecular formula is C14H21N3O2. The van der Waals surface area contributed by atoms with Crippen molar-refractivity contribution in [3.05, 3.63) is 32.3 Å². The minimum atomic E-state index is -0.164. The van der Waals surface area contributed by atoms with Crippen molar-refractivity contribution in [2.75, 3.05) is 0 Å². The van der Waals surface area contributed by atoms with E-state index in [9.17, 15) is 9.59 Å². The predicted octanol–water partition coefficient (Wildman–Crippen LogP) is 2.47. The summed E-state index contributed by atoms with van der Waals surface area (Å²) in [6.45, 7) is 6.04. The van der Waals surface area contributed by atoms with Crippen molar-refractivity contribution < 1.29 is 0 Å². The molecule has 0 bridgehead atoms. The number of unbranched alkanes of at least 4 members (excludes halogenated alkanes) is 1. The molecule has 0 aliphatic carbocycles. The van der Waals surface area contributed by atoms with Gasteiger partial charge in [0.2, 0.25) is 5.56 Å². The van der Waals surface area contributed by atoms with Crippen LogP contribution >= 0.6 is 0 Å². The van der Waals surface area contributed by atoms with E-state index >= 15 is 0 Å². The van der Waals surface area contributed by atoms with Crippen molar-refractivity contribution in [3.63, 3.8) is 0 Å². The molecule has 19 heavy (non-hydrogen) atoms. The minimum Gasteiger partial charge on any atom is -0.307 e. The highest BCUT2D eigenvalue weighted by atomic mass is 16.1. The van der Waals surface area contributed by atoms with Crippen molar-refractivity contribution in [1.29, 1.82) is 0 Å². The van der Waals surface area contributed by atoms with Gasteiger partial charge in [-0.05, 0) is 25.3 Å². The van der Waals surface area contributed by atoms with Crippen molar-refractivity contribution in [2.24, 2.45) is 0 Å². The molecule has 1 atom stereocenters. The number of H-pyrrole nitrogens is 2. The van der Waals surface area contributed by atoms with Gasteiger partial charge in [0.05, 0.1) is 11.4 Å². The lowest BCUT2D eigenvalue weighted by atomic mass is 10.1. The molecule has 0 amide bonds. The summed E-state index contributed by atoms with van der Waals surface area (Å²) in [6, 6.07) is 1.69. The average molecular weight is 263 g/mol. The number of aromatic nitrogens is 3.